The lowest BCUT2D eigenvalue weighted by Gasteiger charge is -2.49. The number of β-lactam (4-membered cyclic amide) rings is 1. The van der Waals surface area contributed by atoms with Gasteiger partial charge < -0.3 is 27.1 Å². The summed E-state index contributed by atoms with van der Waals surface area (Å²) in [6, 6.07) is -1.06. The fraction of sp³-hybridized carbons (Fsp3) is 0.158. The van der Waals surface area contributed by atoms with Crippen LogP contribution in [0, 0.1) is 0 Å². The van der Waals surface area contributed by atoms with E-state index < -0.39 is 34.9 Å². The van der Waals surface area contributed by atoms with Crippen molar-refractivity contribution in [3.63, 3.8) is 0 Å². The Kier molecular flexibility index (Phi) is 6.86. The van der Waals surface area contributed by atoms with Gasteiger partial charge in [-0.1, -0.05) is 39.9 Å². The number of hydrogen-bond donors (Lipinski definition) is 6. The molecule has 0 saturated carbocycles. The number of fused-ring (bicyclic) bond motifs is 2. The van der Waals surface area contributed by atoms with E-state index in [2.05, 4.69) is 35.6 Å². The number of thioether (sulfide) groups is 2. The number of allylic oxidation sites excluding steroid dienone is 1. The maximum absolute atomic E-state index is 12.9. The molecule has 19 heteroatoms. The summed E-state index contributed by atoms with van der Waals surface area (Å²) in [4.78, 5) is 51.1. The van der Waals surface area contributed by atoms with Gasteiger partial charge in [0.25, 0.3) is 11.8 Å². The predicted molar refractivity (Wildman–Crippen MR) is 141 cm³/mol. The number of nitrogen functional groups attached to an aromatic ring is 2. The van der Waals surface area contributed by atoms with Crippen molar-refractivity contribution in [1.29, 1.82) is 0 Å². The molecule has 38 heavy (non-hydrogen) atoms. The van der Waals surface area contributed by atoms with Crippen LogP contribution in [-0.4, -0.2) is 81.0 Å². The molecule has 0 radical (unpaired) electrons. The van der Waals surface area contributed by atoms with Crippen molar-refractivity contribution in [2.75, 3.05) is 17.2 Å². The lowest BCUT2D eigenvalue weighted by atomic mass is 10.0. The zero-order valence-electron chi connectivity index (χ0n) is 18.7. The van der Waals surface area contributed by atoms with E-state index in [9.17, 15) is 24.7 Å². The number of halogens is 1. The van der Waals surface area contributed by atoms with Gasteiger partial charge in [-0.05, 0) is 17.1 Å². The Hall–Kier alpha value is -3.87. The molecular formula is C19H15ClN10O5S3. The summed E-state index contributed by atoms with van der Waals surface area (Å²) < 4.78 is 0.0296. The van der Waals surface area contributed by atoms with Crippen molar-refractivity contribution in [2.45, 2.75) is 16.6 Å². The third kappa shape index (κ3) is 4.51. The molecule has 2 aliphatic rings. The van der Waals surface area contributed by atoms with Crippen LogP contribution in [0.5, 0.6) is 0 Å². The van der Waals surface area contributed by atoms with E-state index in [0.717, 1.165) is 28.0 Å². The van der Waals surface area contributed by atoms with Gasteiger partial charge in [0.05, 0.1) is 11.6 Å². The number of H-pyrrole nitrogens is 1. The Balaban J connectivity index is 1.31. The van der Waals surface area contributed by atoms with Gasteiger partial charge in [0.1, 0.15) is 33.0 Å². The Morgan fingerprint density at radius 2 is 2.13 bits per heavy atom. The number of aliphatic carboxylic acids is 1. The van der Waals surface area contributed by atoms with Crippen molar-refractivity contribution in [1.82, 2.24) is 35.4 Å². The summed E-state index contributed by atoms with van der Waals surface area (Å²) in [7, 11) is 0. The van der Waals surface area contributed by atoms with E-state index in [1.165, 1.54) is 18.0 Å². The molecule has 0 aliphatic carbocycles. The standard InChI is InChI=1S/C19H15ClN10O5S3/c20-11-7(25-18(22)38-11)8(29-35)14(31)24-9-15(32)30-10(17(33)34)5(4-37-16(9)30)1-2-36-19-26-12(21)6-3-23-28-13(6)27-19/h1-3,9,16,35H,4H2,(H2,22,25)(H,24,31)(H,33,34)(H3,21,23,26,27,28)/b2-1+,29-8+/t9-,16-/m1/s1. The zero-order chi connectivity index (χ0) is 27.1. The summed E-state index contributed by atoms with van der Waals surface area (Å²) in [5.74, 6) is -2.39. The van der Waals surface area contributed by atoms with Crippen molar-refractivity contribution in [3.8, 4) is 0 Å². The van der Waals surface area contributed by atoms with Gasteiger partial charge in [-0.25, -0.2) is 19.7 Å². The Labute approximate surface area is 229 Å². The minimum absolute atomic E-state index is 0.0296. The summed E-state index contributed by atoms with van der Waals surface area (Å²) in [6.07, 6.45) is 3.06. The minimum Gasteiger partial charge on any atom is -0.477 e. The molecular weight excluding hydrogens is 580 g/mol. The van der Waals surface area contributed by atoms with Crippen molar-refractivity contribution >= 4 is 91.9 Å². The molecule has 15 nitrogen and oxygen atoms in total. The van der Waals surface area contributed by atoms with Crippen molar-refractivity contribution < 1.29 is 24.7 Å². The highest BCUT2D eigenvalue weighted by molar-refractivity contribution is 8.02. The van der Waals surface area contributed by atoms with Gasteiger partial charge in [-0.2, -0.15) is 5.10 Å². The van der Waals surface area contributed by atoms with Gasteiger partial charge in [0.15, 0.2) is 21.6 Å². The second-order valence-corrected chi connectivity index (χ2v) is 11.2. The molecule has 8 N–H and O–H groups in total. The number of hydrogen-bond acceptors (Lipinski definition) is 14. The largest absolute Gasteiger partial charge is 0.477 e. The van der Waals surface area contributed by atoms with Crippen LogP contribution in [0.1, 0.15) is 5.69 Å². The van der Waals surface area contributed by atoms with E-state index in [0.29, 0.717) is 21.8 Å². The fourth-order valence-electron chi connectivity index (χ4n) is 3.71. The number of carboxylic acids is 1. The number of amides is 2. The molecule has 0 spiro atoms. The normalized spacial score (nSPS) is 19.7. The highest BCUT2D eigenvalue weighted by atomic mass is 35.5. The second-order valence-electron chi connectivity index (χ2n) is 7.61. The maximum atomic E-state index is 12.9. The first-order chi connectivity index (χ1) is 18.2. The van der Waals surface area contributed by atoms with Crippen LogP contribution in [0.3, 0.4) is 0 Å². The first-order valence-electron chi connectivity index (χ1n) is 10.4. The number of oxime groups is 1. The van der Waals surface area contributed by atoms with Crippen LogP contribution < -0.4 is 16.8 Å². The van der Waals surface area contributed by atoms with E-state index in [1.54, 1.807) is 11.5 Å². The number of carboxylic acid groups (broad SMARTS) is 1. The number of nitrogens with one attached hydrogen (secondary N) is 2. The second kappa shape index (κ2) is 10.1. The summed E-state index contributed by atoms with van der Waals surface area (Å²) in [5.41, 5.74) is 11.4. The maximum Gasteiger partial charge on any atom is 0.352 e. The first-order valence-corrected chi connectivity index (χ1v) is 13.5. The number of nitrogens with two attached hydrogens (primary N) is 2. The lowest BCUT2D eigenvalue weighted by Crippen LogP contribution is -2.71. The summed E-state index contributed by atoms with van der Waals surface area (Å²) >= 11 is 9.23. The predicted octanol–water partition coefficient (Wildman–Crippen LogP) is 0.850. The molecule has 196 valence electrons. The van der Waals surface area contributed by atoms with E-state index in [1.807, 2.05) is 0 Å². The number of aromatic amines is 1. The SMILES string of the molecule is Nc1nc(/C(=N\O)C(=O)N[C@@H]2C(=O)N3C(C(=O)O)=C(/C=C/Sc4nc(N)c5cn[nH]c5n4)CS[C@H]23)c(Cl)s1. The lowest BCUT2D eigenvalue weighted by molar-refractivity contribution is -0.150. The van der Waals surface area contributed by atoms with Crippen molar-refractivity contribution in [3.05, 3.63) is 39.0 Å². The molecule has 3 aromatic rings. The molecule has 1 fully saturated rings. The fourth-order valence-corrected chi connectivity index (χ4v) is 6.61. The monoisotopic (exact) mass is 594 g/mol. The molecule has 2 atom stereocenters. The molecule has 5 rings (SSSR count). The number of carbonyl (C=O) groups excluding carboxylic acids is 2. The molecule has 2 amide bonds. The Bertz CT molecular complexity index is 1580. The summed E-state index contributed by atoms with van der Waals surface area (Å²) in [5, 5.41) is 33.0. The first kappa shape index (κ1) is 25.8. The molecule has 1 saturated heterocycles. The smallest absolute Gasteiger partial charge is 0.352 e. The van der Waals surface area contributed by atoms with Gasteiger partial charge in [-0.3, -0.25) is 19.6 Å². The molecule has 5 heterocycles. The van der Waals surface area contributed by atoms with E-state index in [-0.39, 0.29) is 32.4 Å². The number of thiazole rings is 1. The molecule has 0 unspecified atom stereocenters. The van der Waals surface area contributed by atoms with Crippen LogP contribution in [0.15, 0.2) is 39.3 Å². The quantitative estimate of drug-likeness (QED) is 0.0556. The number of rotatable bonds is 7. The molecule has 3 aromatic heterocycles. The highest BCUT2D eigenvalue weighted by Gasteiger charge is 2.54. The van der Waals surface area contributed by atoms with Crippen molar-refractivity contribution in [2.24, 2.45) is 5.16 Å². The van der Waals surface area contributed by atoms with Gasteiger partial charge in [0, 0.05) is 5.75 Å². The average Bonchev–Trinajstić information content (AvgIpc) is 3.48. The number of aromatic nitrogens is 5. The highest BCUT2D eigenvalue weighted by Crippen LogP contribution is 2.41. The van der Waals surface area contributed by atoms with Gasteiger partial charge in [-0.15, -0.1) is 11.8 Å². The molecule has 0 aromatic carbocycles. The topological polar surface area (TPSA) is 239 Å². The third-order valence-electron chi connectivity index (χ3n) is 5.39. The van der Waals surface area contributed by atoms with E-state index >= 15 is 0 Å². The molecule has 2 aliphatic heterocycles. The average molecular weight is 595 g/mol. The number of carbonyl (C=O) groups is 3. The van der Waals surface area contributed by atoms with Crippen LogP contribution >= 0.6 is 46.5 Å². The van der Waals surface area contributed by atoms with Gasteiger partial charge in [0.2, 0.25) is 0 Å². The summed E-state index contributed by atoms with van der Waals surface area (Å²) in [6.45, 7) is 0. The minimum atomic E-state index is -1.31. The number of nitrogens with zero attached hydrogens (tertiary/aromatic N) is 6. The van der Waals surface area contributed by atoms with Crippen LogP contribution in [0.4, 0.5) is 10.9 Å². The van der Waals surface area contributed by atoms with Crippen LogP contribution in [0.2, 0.25) is 4.34 Å². The van der Waals surface area contributed by atoms with Crippen LogP contribution in [-0.2, 0) is 14.4 Å². The molecule has 0 bridgehead atoms. The van der Waals surface area contributed by atoms with Gasteiger partial charge >= 0.3 is 5.97 Å². The zero-order valence-corrected chi connectivity index (χ0v) is 21.9. The third-order valence-corrected chi connectivity index (χ3v) is 8.44. The Morgan fingerprint density at radius 1 is 1.34 bits per heavy atom. The Morgan fingerprint density at radius 3 is 2.82 bits per heavy atom. The van der Waals surface area contributed by atoms with Crippen LogP contribution in [0.25, 0.3) is 11.0 Å². The van der Waals surface area contributed by atoms with E-state index in [4.69, 9.17) is 23.1 Å². The number of anilines is 2.